The summed E-state index contributed by atoms with van der Waals surface area (Å²) in [6.45, 7) is 3.98. The molecule has 90 valence electrons. The highest BCUT2D eigenvalue weighted by molar-refractivity contribution is 5.97. The van der Waals surface area contributed by atoms with E-state index in [1.54, 1.807) is 0 Å². The topological polar surface area (TPSA) is 17.1 Å². The van der Waals surface area contributed by atoms with Crippen LogP contribution in [0.4, 0.5) is 0 Å². The predicted molar refractivity (Wildman–Crippen MR) is 69.6 cm³/mol. The van der Waals surface area contributed by atoms with E-state index in [1.807, 2.05) is 13.8 Å². The van der Waals surface area contributed by atoms with Gasteiger partial charge in [-0.25, -0.2) is 0 Å². The molecule has 1 heteroatoms. The van der Waals surface area contributed by atoms with E-state index < -0.39 is 0 Å². The molecule has 2 saturated carbocycles. The largest absolute Gasteiger partial charge is 0.294 e. The maximum Gasteiger partial charge on any atom is 0.165 e. The van der Waals surface area contributed by atoms with Crippen LogP contribution in [0.15, 0.2) is 18.2 Å². The zero-order valence-corrected chi connectivity index (χ0v) is 10.7. The second kappa shape index (κ2) is 3.97. The lowest BCUT2D eigenvalue weighted by atomic mass is 9.94. The van der Waals surface area contributed by atoms with E-state index in [0.29, 0.717) is 5.78 Å². The highest BCUT2D eigenvalue weighted by atomic mass is 16.1. The molecule has 0 spiro atoms. The Labute approximate surface area is 103 Å². The van der Waals surface area contributed by atoms with E-state index in [4.69, 9.17) is 0 Å². The van der Waals surface area contributed by atoms with Crippen LogP contribution in [0, 0.1) is 5.92 Å². The van der Waals surface area contributed by atoms with Crippen LogP contribution in [0.3, 0.4) is 0 Å². The van der Waals surface area contributed by atoms with E-state index in [1.165, 1.54) is 36.8 Å². The third kappa shape index (κ3) is 2.29. The fraction of sp³-hybridized carbons (Fsp3) is 0.562. The highest BCUT2D eigenvalue weighted by Crippen LogP contribution is 2.45. The van der Waals surface area contributed by atoms with Crippen molar-refractivity contribution >= 4 is 5.78 Å². The molecule has 1 nitrogen and oxygen atoms in total. The van der Waals surface area contributed by atoms with Gasteiger partial charge in [0.25, 0.3) is 0 Å². The summed E-state index contributed by atoms with van der Waals surface area (Å²) < 4.78 is 0. The second-order valence-electron chi connectivity index (χ2n) is 5.96. The van der Waals surface area contributed by atoms with Crippen molar-refractivity contribution in [2.75, 3.05) is 0 Å². The number of rotatable bonds is 4. The van der Waals surface area contributed by atoms with Crippen molar-refractivity contribution in [2.24, 2.45) is 5.92 Å². The molecular formula is C16H20O. The Morgan fingerprint density at radius 1 is 1.00 bits per heavy atom. The molecule has 1 aromatic carbocycles. The molecule has 0 N–H and O–H groups in total. The van der Waals surface area contributed by atoms with Gasteiger partial charge in [0.05, 0.1) is 0 Å². The Bertz CT molecular complexity index is 420. The predicted octanol–water partition coefficient (Wildman–Crippen LogP) is 4.28. The lowest BCUT2D eigenvalue weighted by molar-refractivity contribution is 0.0939. The first-order valence-corrected chi connectivity index (χ1v) is 6.84. The van der Waals surface area contributed by atoms with Crippen molar-refractivity contribution in [1.29, 1.82) is 0 Å². The van der Waals surface area contributed by atoms with Crippen LogP contribution in [-0.2, 0) is 0 Å². The maximum atomic E-state index is 12.1. The average molecular weight is 228 g/mol. The molecule has 0 amide bonds. The molecule has 0 aliphatic heterocycles. The number of hydrogen-bond acceptors (Lipinski definition) is 1. The molecule has 0 atom stereocenters. The number of ketones is 1. The molecule has 1 aromatic rings. The van der Waals surface area contributed by atoms with Crippen LogP contribution in [-0.4, -0.2) is 5.78 Å². The summed E-state index contributed by atoms with van der Waals surface area (Å²) in [5, 5.41) is 0. The lowest BCUT2D eigenvalue weighted by Gasteiger charge is -2.10. The molecule has 0 radical (unpaired) electrons. The van der Waals surface area contributed by atoms with Gasteiger partial charge in [-0.2, -0.15) is 0 Å². The third-order valence-corrected chi connectivity index (χ3v) is 3.88. The number of Topliss-reactive ketones (excluding diaryl/α,β-unsaturated/α-hetero) is 1. The van der Waals surface area contributed by atoms with E-state index in [0.717, 1.165) is 17.4 Å². The van der Waals surface area contributed by atoms with Gasteiger partial charge in [0.1, 0.15) is 0 Å². The summed E-state index contributed by atoms with van der Waals surface area (Å²) in [6, 6.07) is 6.64. The number of carbonyl (C=O) groups excluding carboxylic acids is 1. The van der Waals surface area contributed by atoms with Crippen molar-refractivity contribution in [2.45, 2.75) is 51.4 Å². The minimum Gasteiger partial charge on any atom is -0.294 e. The Hall–Kier alpha value is -1.11. The fourth-order valence-electron chi connectivity index (χ4n) is 2.46. The van der Waals surface area contributed by atoms with Gasteiger partial charge in [-0.05, 0) is 60.8 Å². The molecular weight excluding hydrogens is 208 g/mol. The summed E-state index contributed by atoms with van der Waals surface area (Å²) in [5.41, 5.74) is 3.78. The van der Waals surface area contributed by atoms with Crippen LogP contribution in [0.25, 0.3) is 0 Å². The van der Waals surface area contributed by atoms with Crippen molar-refractivity contribution in [3.8, 4) is 0 Å². The van der Waals surface area contributed by atoms with E-state index >= 15 is 0 Å². The smallest absolute Gasteiger partial charge is 0.165 e. The van der Waals surface area contributed by atoms with Gasteiger partial charge in [-0.3, -0.25) is 4.79 Å². The lowest BCUT2D eigenvalue weighted by Crippen LogP contribution is -2.08. The molecule has 0 heterocycles. The quantitative estimate of drug-likeness (QED) is 0.703. The fourth-order valence-corrected chi connectivity index (χ4v) is 2.46. The van der Waals surface area contributed by atoms with Crippen molar-refractivity contribution in [1.82, 2.24) is 0 Å². The average Bonchev–Trinajstić information content (AvgIpc) is 3.20. The Morgan fingerprint density at radius 3 is 1.82 bits per heavy atom. The Morgan fingerprint density at radius 2 is 1.47 bits per heavy atom. The molecule has 3 rings (SSSR count). The van der Waals surface area contributed by atoms with Gasteiger partial charge in [-0.15, -0.1) is 0 Å². The highest BCUT2D eigenvalue weighted by Gasteiger charge is 2.29. The van der Waals surface area contributed by atoms with Crippen LogP contribution < -0.4 is 0 Å². The second-order valence-corrected chi connectivity index (χ2v) is 5.96. The van der Waals surface area contributed by atoms with Crippen molar-refractivity contribution in [3.05, 3.63) is 34.9 Å². The summed E-state index contributed by atoms with van der Waals surface area (Å²) >= 11 is 0. The normalized spacial score (nSPS) is 19.7. The van der Waals surface area contributed by atoms with Gasteiger partial charge in [0.15, 0.2) is 5.78 Å². The number of benzene rings is 1. The van der Waals surface area contributed by atoms with Crippen LogP contribution in [0.5, 0.6) is 0 Å². The summed E-state index contributed by atoms with van der Waals surface area (Å²) in [6.07, 6.45) is 5.24. The first-order chi connectivity index (χ1) is 8.15. The van der Waals surface area contributed by atoms with Gasteiger partial charge < -0.3 is 0 Å². The third-order valence-electron chi connectivity index (χ3n) is 3.88. The zero-order chi connectivity index (χ0) is 12.0. The van der Waals surface area contributed by atoms with Crippen LogP contribution >= 0.6 is 0 Å². The minimum absolute atomic E-state index is 0.108. The number of hydrogen-bond donors (Lipinski definition) is 0. The molecule has 0 unspecified atom stereocenters. The molecule has 2 aliphatic carbocycles. The number of carbonyl (C=O) groups is 1. The SMILES string of the molecule is CC(C)C(=O)c1cc(C2CC2)cc(C2CC2)c1. The minimum atomic E-state index is 0.108. The maximum absolute atomic E-state index is 12.1. The van der Waals surface area contributed by atoms with Gasteiger partial charge >= 0.3 is 0 Å². The Kier molecular flexibility index (Phi) is 2.57. The molecule has 0 saturated heterocycles. The molecule has 0 bridgehead atoms. The summed E-state index contributed by atoms with van der Waals surface area (Å²) in [4.78, 5) is 12.1. The first-order valence-electron chi connectivity index (χ1n) is 6.84. The standard InChI is InChI=1S/C16H20O/c1-10(2)16(17)15-8-13(11-3-4-11)7-14(9-15)12-5-6-12/h7-12H,3-6H2,1-2H3. The molecule has 2 aliphatic rings. The zero-order valence-electron chi connectivity index (χ0n) is 10.7. The first kappa shape index (κ1) is 11.0. The van der Waals surface area contributed by atoms with Gasteiger partial charge in [0.2, 0.25) is 0 Å². The molecule has 0 aromatic heterocycles. The molecule has 2 fully saturated rings. The summed E-state index contributed by atoms with van der Waals surface area (Å²) in [5.74, 6) is 1.89. The van der Waals surface area contributed by atoms with E-state index in [-0.39, 0.29) is 5.92 Å². The van der Waals surface area contributed by atoms with Crippen molar-refractivity contribution < 1.29 is 4.79 Å². The monoisotopic (exact) mass is 228 g/mol. The molecule has 17 heavy (non-hydrogen) atoms. The van der Waals surface area contributed by atoms with Crippen molar-refractivity contribution in [3.63, 3.8) is 0 Å². The van der Waals surface area contributed by atoms with Gasteiger partial charge in [0, 0.05) is 11.5 Å². The van der Waals surface area contributed by atoms with E-state index in [9.17, 15) is 4.79 Å². The Balaban J connectivity index is 1.98. The van der Waals surface area contributed by atoms with Gasteiger partial charge in [-0.1, -0.05) is 19.9 Å². The van der Waals surface area contributed by atoms with Crippen LogP contribution in [0.2, 0.25) is 0 Å². The van der Waals surface area contributed by atoms with E-state index in [2.05, 4.69) is 18.2 Å². The van der Waals surface area contributed by atoms with Crippen LogP contribution in [0.1, 0.15) is 72.9 Å². The summed E-state index contributed by atoms with van der Waals surface area (Å²) in [7, 11) is 0.